The number of halogens is 2. The molecule has 1 aromatic rings. The molecule has 94 valence electrons. The van der Waals surface area contributed by atoms with Gasteiger partial charge in [0.1, 0.15) is 11.9 Å². The average Bonchev–Trinajstić information content (AvgIpc) is 2.24. The summed E-state index contributed by atoms with van der Waals surface area (Å²) in [5, 5.41) is 2.90. The zero-order chi connectivity index (χ0) is 13.2. The number of anilines is 2. The number of nitrogens with zero attached hydrogens (tertiary/aromatic N) is 1. The van der Waals surface area contributed by atoms with Crippen molar-refractivity contribution in [2.45, 2.75) is 13.0 Å². The van der Waals surface area contributed by atoms with Gasteiger partial charge >= 0.3 is 0 Å². The summed E-state index contributed by atoms with van der Waals surface area (Å²) in [5.41, 5.74) is 6.62. The molecule has 0 aromatic heterocycles. The molecule has 0 aliphatic heterocycles. The van der Waals surface area contributed by atoms with E-state index in [-0.39, 0.29) is 11.7 Å². The number of nitrogen functional groups attached to an aromatic ring is 1. The number of rotatable bonds is 3. The molecule has 1 amide bonds. The molecule has 0 saturated carbocycles. The van der Waals surface area contributed by atoms with Gasteiger partial charge in [-0.15, -0.1) is 0 Å². The summed E-state index contributed by atoms with van der Waals surface area (Å²) in [4.78, 5) is 13.1. The first-order valence-corrected chi connectivity index (χ1v) is 6.13. The molecule has 1 unspecified atom stereocenters. The van der Waals surface area contributed by atoms with E-state index < -0.39 is 6.04 Å². The van der Waals surface area contributed by atoms with Crippen molar-refractivity contribution in [3.63, 3.8) is 0 Å². The first kappa shape index (κ1) is 14.0. The average molecular weight is 351 g/mol. The number of carbonyl (C=O) groups is 1. The quantitative estimate of drug-likeness (QED) is 0.646. The van der Waals surface area contributed by atoms with Gasteiger partial charge in [0.15, 0.2) is 0 Å². The van der Waals surface area contributed by atoms with Crippen LogP contribution in [-0.2, 0) is 4.79 Å². The SMILES string of the molecule is CC(Nc1cc(F)c(I)cc1N)C(=O)N(C)C. The van der Waals surface area contributed by atoms with Gasteiger partial charge in [-0.1, -0.05) is 0 Å². The zero-order valence-corrected chi connectivity index (χ0v) is 12.1. The molecule has 6 heteroatoms. The van der Waals surface area contributed by atoms with Gasteiger partial charge in [0.2, 0.25) is 5.91 Å². The smallest absolute Gasteiger partial charge is 0.244 e. The minimum absolute atomic E-state index is 0.0941. The third-order valence-corrected chi connectivity index (χ3v) is 3.10. The number of amides is 1. The predicted octanol–water partition coefficient (Wildman–Crippen LogP) is 1.90. The Balaban J connectivity index is 2.89. The fraction of sp³-hybridized carbons (Fsp3) is 0.364. The summed E-state index contributed by atoms with van der Waals surface area (Å²) in [7, 11) is 3.33. The molecule has 17 heavy (non-hydrogen) atoms. The highest BCUT2D eigenvalue weighted by atomic mass is 127. The van der Waals surface area contributed by atoms with Crippen molar-refractivity contribution in [3.8, 4) is 0 Å². The second-order valence-corrected chi connectivity index (χ2v) is 5.11. The highest BCUT2D eigenvalue weighted by Gasteiger charge is 2.16. The molecule has 0 fully saturated rings. The lowest BCUT2D eigenvalue weighted by Crippen LogP contribution is -2.36. The molecule has 0 aliphatic carbocycles. The number of benzene rings is 1. The van der Waals surface area contributed by atoms with Crippen LogP contribution in [0.4, 0.5) is 15.8 Å². The Morgan fingerprint density at radius 1 is 1.53 bits per heavy atom. The Bertz CT molecular complexity index is 437. The van der Waals surface area contributed by atoms with Crippen LogP contribution >= 0.6 is 22.6 Å². The van der Waals surface area contributed by atoms with Crippen LogP contribution in [0, 0.1) is 9.39 Å². The molecule has 3 N–H and O–H groups in total. The number of nitrogens with one attached hydrogen (secondary N) is 1. The summed E-state index contributed by atoms with van der Waals surface area (Å²) < 4.78 is 13.8. The van der Waals surface area contributed by atoms with Crippen LogP contribution in [0.5, 0.6) is 0 Å². The van der Waals surface area contributed by atoms with E-state index in [9.17, 15) is 9.18 Å². The van der Waals surface area contributed by atoms with Gasteiger partial charge in [-0.05, 0) is 35.6 Å². The highest BCUT2D eigenvalue weighted by Crippen LogP contribution is 2.24. The van der Waals surface area contributed by atoms with E-state index in [0.717, 1.165) is 0 Å². The van der Waals surface area contributed by atoms with E-state index >= 15 is 0 Å². The molecular formula is C11H15FIN3O. The number of hydrogen-bond acceptors (Lipinski definition) is 3. The van der Waals surface area contributed by atoms with Gasteiger partial charge in [0, 0.05) is 20.2 Å². The Morgan fingerprint density at radius 3 is 2.65 bits per heavy atom. The van der Waals surface area contributed by atoms with Crippen LogP contribution in [0.3, 0.4) is 0 Å². The maximum atomic E-state index is 13.4. The Labute approximate surface area is 113 Å². The lowest BCUT2D eigenvalue weighted by atomic mass is 10.2. The number of nitrogens with two attached hydrogens (primary N) is 1. The molecule has 0 bridgehead atoms. The molecule has 0 aliphatic rings. The maximum absolute atomic E-state index is 13.4. The first-order valence-electron chi connectivity index (χ1n) is 5.05. The Hall–Kier alpha value is -1.05. The van der Waals surface area contributed by atoms with E-state index in [1.165, 1.54) is 17.0 Å². The topological polar surface area (TPSA) is 58.4 Å². The normalized spacial score (nSPS) is 12.1. The lowest BCUT2D eigenvalue weighted by molar-refractivity contribution is -0.129. The summed E-state index contributed by atoms with van der Waals surface area (Å²) in [6.45, 7) is 1.71. The van der Waals surface area contributed by atoms with E-state index in [1.54, 1.807) is 21.0 Å². The molecule has 4 nitrogen and oxygen atoms in total. The molecule has 1 atom stereocenters. The van der Waals surface area contributed by atoms with Crippen molar-refractivity contribution in [2.75, 3.05) is 25.1 Å². The second kappa shape index (κ2) is 5.52. The molecule has 0 heterocycles. The minimum Gasteiger partial charge on any atom is -0.397 e. The summed E-state index contributed by atoms with van der Waals surface area (Å²) in [6, 6.07) is 2.38. The van der Waals surface area contributed by atoms with Crippen molar-refractivity contribution in [1.29, 1.82) is 0 Å². The molecule has 0 saturated heterocycles. The molecular weight excluding hydrogens is 336 g/mol. The third-order valence-electron chi connectivity index (χ3n) is 2.28. The van der Waals surface area contributed by atoms with Crippen LogP contribution in [-0.4, -0.2) is 30.9 Å². The monoisotopic (exact) mass is 351 g/mol. The first-order chi connectivity index (χ1) is 7.82. The van der Waals surface area contributed by atoms with Gasteiger partial charge in [-0.3, -0.25) is 4.79 Å². The van der Waals surface area contributed by atoms with Crippen LogP contribution < -0.4 is 11.1 Å². The summed E-state index contributed by atoms with van der Waals surface area (Å²) >= 11 is 1.87. The van der Waals surface area contributed by atoms with Crippen LogP contribution in [0.2, 0.25) is 0 Å². The van der Waals surface area contributed by atoms with Crippen molar-refractivity contribution in [1.82, 2.24) is 4.90 Å². The Morgan fingerprint density at radius 2 is 2.12 bits per heavy atom. The van der Waals surface area contributed by atoms with Crippen molar-refractivity contribution < 1.29 is 9.18 Å². The fourth-order valence-corrected chi connectivity index (χ4v) is 1.86. The lowest BCUT2D eigenvalue weighted by Gasteiger charge is -2.20. The van der Waals surface area contributed by atoms with Crippen molar-refractivity contribution in [3.05, 3.63) is 21.5 Å². The molecule has 0 spiro atoms. The number of likely N-dealkylation sites (N-methyl/N-ethyl adjacent to an activating group) is 1. The standard InChI is InChI=1S/C11H15FIN3O/c1-6(11(17)16(2)3)15-10-4-7(12)8(13)5-9(10)14/h4-6,15H,14H2,1-3H3. The highest BCUT2D eigenvalue weighted by molar-refractivity contribution is 14.1. The van der Waals surface area contributed by atoms with Crippen LogP contribution in [0.25, 0.3) is 0 Å². The van der Waals surface area contributed by atoms with E-state index in [0.29, 0.717) is 14.9 Å². The molecule has 1 rings (SSSR count). The van der Waals surface area contributed by atoms with E-state index in [4.69, 9.17) is 5.73 Å². The second-order valence-electron chi connectivity index (χ2n) is 3.95. The number of hydrogen-bond donors (Lipinski definition) is 2. The van der Waals surface area contributed by atoms with Gasteiger partial charge in [0.05, 0.1) is 14.9 Å². The molecule has 1 aromatic carbocycles. The summed E-state index contributed by atoms with van der Waals surface area (Å²) in [5.74, 6) is -0.449. The Kier molecular flexibility index (Phi) is 4.55. The summed E-state index contributed by atoms with van der Waals surface area (Å²) in [6.07, 6.45) is 0. The van der Waals surface area contributed by atoms with Gasteiger partial charge in [-0.2, -0.15) is 0 Å². The van der Waals surface area contributed by atoms with E-state index in [2.05, 4.69) is 5.32 Å². The largest absolute Gasteiger partial charge is 0.397 e. The fourth-order valence-electron chi connectivity index (χ4n) is 1.37. The van der Waals surface area contributed by atoms with Gasteiger partial charge in [0.25, 0.3) is 0 Å². The third kappa shape index (κ3) is 3.45. The van der Waals surface area contributed by atoms with Gasteiger partial charge < -0.3 is 16.0 Å². The molecule has 0 radical (unpaired) electrons. The van der Waals surface area contributed by atoms with Gasteiger partial charge in [-0.25, -0.2) is 4.39 Å². The van der Waals surface area contributed by atoms with E-state index in [1.807, 2.05) is 22.6 Å². The van der Waals surface area contributed by atoms with Crippen LogP contribution in [0.1, 0.15) is 6.92 Å². The van der Waals surface area contributed by atoms with Crippen LogP contribution in [0.15, 0.2) is 12.1 Å². The minimum atomic E-state index is -0.452. The predicted molar refractivity (Wildman–Crippen MR) is 75.3 cm³/mol. The van der Waals surface area contributed by atoms with Crippen molar-refractivity contribution in [2.24, 2.45) is 0 Å². The van der Waals surface area contributed by atoms with Crippen molar-refractivity contribution >= 4 is 39.9 Å². The number of carbonyl (C=O) groups excluding carboxylic acids is 1. The maximum Gasteiger partial charge on any atom is 0.244 e. The zero-order valence-electron chi connectivity index (χ0n) is 9.92.